The predicted molar refractivity (Wildman–Crippen MR) is 74.6 cm³/mol. The molecule has 0 amide bonds. The molecule has 98 valence electrons. The van der Waals surface area contributed by atoms with Crippen LogP contribution in [0, 0.1) is 0 Å². The summed E-state index contributed by atoms with van der Waals surface area (Å²) in [6, 6.07) is 8.00. The van der Waals surface area contributed by atoms with Crippen LogP contribution in [0.1, 0.15) is 45.1 Å². The Hall–Kier alpha value is -1.28. The molecule has 0 N–H and O–H groups in total. The minimum atomic E-state index is -0.177. The Labute approximate surface area is 110 Å². The number of allylic oxidation sites excluding steroid dienone is 1. The van der Waals surface area contributed by atoms with Crippen molar-refractivity contribution < 1.29 is 9.47 Å². The van der Waals surface area contributed by atoms with E-state index in [1.54, 1.807) is 0 Å². The minimum Gasteiger partial charge on any atom is -0.465 e. The lowest BCUT2D eigenvalue weighted by Gasteiger charge is -2.19. The van der Waals surface area contributed by atoms with E-state index in [9.17, 15) is 0 Å². The van der Waals surface area contributed by atoms with Crippen molar-refractivity contribution in [1.82, 2.24) is 0 Å². The molecule has 1 fully saturated rings. The molecule has 2 heteroatoms. The first-order chi connectivity index (χ1) is 8.65. The summed E-state index contributed by atoms with van der Waals surface area (Å²) in [5.41, 5.74) is 2.21. The highest BCUT2D eigenvalue weighted by atomic mass is 16.7. The molecule has 2 rings (SSSR count). The number of benzene rings is 1. The third kappa shape index (κ3) is 3.61. The molecule has 1 aromatic carbocycles. The van der Waals surface area contributed by atoms with Crippen LogP contribution in [0.3, 0.4) is 0 Å². The van der Waals surface area contributed by atoms with Crippen LogP contribution >= 0.6 is 0 Å². The average molecular weight is 246 g/mol. The van der Waals surface area contributed by atoms with E-state index in [0.717, 1.165) is 16.9 Å². The molecule has 0 radical (unpaired) electrons. The van der Waals surface area contributed by atoms with Crippen molar-refractivity contribution in [2.45, 2.75) is 51.9 Å². The van der Waals surface area contributed by atoms with E-state index in [4.69, 9.17) is 9.47 Å². The fourth-order valence-electron chi connectivity index (χ4n) is 2.33. The third-order valence-corrected chi connectivity index (χ3v) is 3.34. The van der Waals surface area contributed by atoms with Gasteiger partial charge in [-0.1, -0.05) is 37.1 Å². The second-order valence-corrected chi connectivity index (χ2v) is 5.03. The fourth-order valence-corrected chi connectivity index (χ4v) is 2.33. The second-order valence-electron chi connectivity index (χ2n) is 5.03. The maximum atomic E-state index is 5.85. The summed E-state index contributed by atoms with van der Waals surface area (Å²) in [7, 11) is 0. The van der Waals surface area contributed by atoms with Crippen LogP contribution in [0.25, 0.3) is 5.57 Å². The van der Waals surface area contributed by atoms with Crippen LogP contribution in [-0.2, 0) is 4.74 Å². The van der Waals surface area contributed by atoms with E-state index in [1.165, 1.54) is 25.7 Å². The van der Waals surface area contributed by atoms with Gasteiger partial charge in [0.05, 0.1) is 6.10 Å². The highest BCUT2D eigenvalue weighted by Gasteiger charge is 2.18. The SMILES string of the molecule is C=C(C)c1ccc(OC(C)OC2CCCC2)cc1. The normalized spacial score (nSPS) is 17.7. The first-order valence-corrected chi connectivity index (χ1v) is 6.73. The zero-order chi connectivity index (χ0) is 13.0. The highest BCUT2D eigenvalue weighted by molar-refractivity contribution is 5.61. The van der Waals surface area contributed by atoms with E-state index < -0.39 is 0 Å². The van der Waals surface area contributed by atoms with Gasteiger partial charge in [-0.05, 0) is 44.4 Å². The van der Waals surface area contributed by atoms with E-state index in [0.29, 0.717) is 6.10 Å². The number of hydrogen-bond acceptors (Lipinski definition) is 2. The minimum absolute atomic E-state index is 0.177. The van der Waals surface area contributed by atoms with Crippen LogP contribution < -0.4 is 4.74 Å². The lowest BCUT2D eigenvalue weighted by atomic mass is 10.1. The van der Waals surface area contributed by atoms with Gasteiger partial charge in [-0.15, -0.1) is 0 Å². The van der Waals surface area contributed by atoms with Crippen LogP contribution in [-0.4, -0.2) is 12.4 Å². The van der Waals surface area contributed by atoms with Gasteiger partial charge < -0.3 is 9.47 Å². The van der Waals surface area contributed by atoms with E-state index in [1.807, 2.05) is 38.1 Å². The Balaban J connectivity index is 1.86. The van der Waals surface area contributed by atoms with E-state index in [-0.39, 0.29) is 6.29 Å². The summed E-state index contributed by atoms with van der Waals surface area (Å²) < 4.78 is 11.6. The van der Waals surface area contributed by atoms with Crippen molar-refractivity contribution in [3.63, 3.8) is 0 Å². The molecule has 0 bridgehead atoms. The molecule has 1 aromatic rings. The molecule has 0 heterocycles. The number of ether oxygens (including phenoxy) is 2. The zero-order valence-corrected chi connectivity index (χ0v) is 11.3. The van der Waals surface area contributed by atoms with E-state index >= 15 is 0 Å². The van der Waals surface area contributed by atoms with Crippen molar-refractivity contribution in [3.8, 4) is 5.75 Å². The van der Waals surface area contributed by atoms with Gasteiger partial charge in [0.2, 0.25) is 0 Å². The molecule has 18 heavy (non-hydrogen) atoms. The molecule has 0 spiro atoms. The summed E-state index contributed by atoms with van der Waals surface area (Å²) in [5.74, 6) is 0.852. The maximum Gasteiger partial charge on any atom is 0.197 e. The standard InChI is InChI=1S/C16H22O2/c1-12(2)14-8-10-16(11-9-14)18-13(3)17-15-6-4-5-7-15/h8-11,13,15H,1,4-7H2,2-3H3. The quantitative estimate of drug-likeness (QED) is 0.717. The summed E-state index contributed by atoms with van der Waals surface area (Å²) in [5, 5.41) is 0. The molecule has 0 aromatic heterocycles. The molecule has 1 aliphatic rings. The summed E-state index contributed by atoms with van der Waals surface area (Å²) in [6.45, 7) is 7.88. The second kappa shape index (κ2) is 6.05. The van der Waals surface area contributed by atoms with Crippen molar-refractivity contribution in [3.05, 3.63) is 36.4 Å². The molecular weight excluding hydrogens is 224 g/mol. The smallest absolute Gasteiger partial charge is 0.197 e. The van der Waals surface area contributed by atoms with Crippen LogP contribution in [0.5, 0.6) is 5.75 Å². The van der Waals surface area contributed by atoms with E-state index in [2.05, 4.69) is 6.58 Å². The van der Waals surface area contributed by atoms with Gasteiger partial charge in [0.25, 0.3) is 0 Å². The lowest BCUT2D eigenvalue weighted by molar-refractivity contribution is -0.104. The van der Waals surface area contributed by atoms with Gasteiger partial charge in [0, 0.05) is 0 Å². The van der Waals surface area contributed by atoms with Gasteiger partial charge in [0.1, 0.15) is 5.75 Å². The zero-order valence-electron chi connectivity index (χ0n) is 11.3. The highest BCUT2D eigenvalue weighted by Crippen LogP contribution is 2.24. The Morgan fingerprint density at radius 1 is 1.22 bits per heavy atom. The molecule has 1 unspecified atom stereocenters. The van der Waals surface area contributed by atoms with Gasteiger partial charge in [-0.3, -0.25) is 0 Å². The molecule has 0 saturated heterocycles. The van der Waals surface area contributed by atoms with Gasteiger partial charge in [0.15, 0.2) is 6.29 Å². The summed E-state index contributed by atoms with van der Waals surface area (Å²) in [4.78, 5) is 0. The van der Waals surface area contributed by atoms with Gasteiger partial charge >= 0.3 is 0 Å². The topological polar surface area (TPSA) is 18.5 Å². The molecule has 1 atom stereocenters. The predicted octanol–water partition coefficient (Wildman–Crippen LogP) is 4.40. The average Bonchev–Trinajstić information content (AvgIpc) is 2.82. The molecule has 1 saturated carbocycles. The van der Waals surface area contributed by atoms with Crippen LogP contribution in [0.4, 0.5) is 0 Å². The Bertz CT molecular complexity index is 388. The van der Waals surface area contributed by atoms with Gasteiger partial charge in [-0.25, -0.2) is 0 Å². The largest absolute Gasteiger partial charge is 0.465 e. The van der Waals surface area contributed by atoms with Crippen LogP contribution in [0.2, 0.25) is 0 Å². The number of rotatable bonds is 5. The monoisotopic (exact) mass is 246 g/mol. The Kier molecular flexibility index (Phi) is 4.43. The van der Waals surface area contributed by atoms with Crippen molar-refractivity contribution in [2.75, 3.05) is 0 Å². The Morgan fingerprint density at radius 2 is 1.83 bits per heavy atom. The maximum absolute atomic E-state index is 5.85. The van der Waals surface area contributed by atoms with Crippen molar-refractivity contribution in [1.29, 1.82) is 0 Å². The van der Waals surface area contributed by atoms with Gasteiger partial charge in [-0.2, -0.15) is 0 Å². The summed E-state index contributed by atoms with van der Waals surface area (Å²) >= 11 is 0. The first-order valence-electron chi connectivity index (χ1n) is 6.73. The molecular formula is C16H22O2. The molecule has 1 aliphatic carbocycles. The number of hydrogen-bond donors (Lipinski definition) is 0. The molecule has 2 nitrogen and oxygen atoms in total. The third-order valence-electron chi connectivity index (χ3n) is 3.34. The fraction of sp³-hybridized carbons (Fsp3) is 0.500. The molecule has 0 aliphatic heterocycles. The Morgan fingerprint density at radius 3 is 2.39 bits per heavy atom. The van der Waals surface area contributed by atoms with Crippen molar-refractivity contribution >= 4 is 5.57 Å². The summed E-state index contributed by atoms with van der Waals surface area (Å²) in [6.07, 6.45) is 5.11. The van der Waals surface area contributed by atoms with Crippen LogP contribution in [0.15, 0.2) is 30.8 Å². The lowest BCUT2D eigenvalue weighted by Crippen LogP contribution is -2.22. The van der Waals surface area contributed by atoms with Crippen molar-refractivity contribution in [2.24, 2.45) is 0 Å². The first kappa shape index (κ1) is 13.2.